The smallest absolute Gasteiger partial charge is 0.331 e. The van der Waals surface area contributed by atoms with Gasteiger partial charge in [-0.2, -0.15) is 0 Å². The zero-order valence-electron chi connectivity index (χ0n) is 16.7. The topological polar surface area (TPSA) is 126 Å². The third kappa shape index (κ3) is 3.64. The molecule has 0 bridgehead atoms. The quantitative estimate of drug-likeness (QED) is 0.460. The fourth-order valence-corrected chi connectivity index (χ4v) is 3.47. The Kier molecular flexibility index (Phi) is 5.20. The van der Waals surface area contributed by atoms with Gasteiger partial charge in [-0.15, -0.1) is 0 Å². The molecule has 0 fully saturated rings. The van der Waals surface area contributed by atoms with Crippen LogP contribution in [-0.4, -0.2) is 30.8 Å². The monoisotopic (exact) mass is 439 g/mol. The zero-order valence-corrected chi connectivity index (χ0v) is 17.5. The number of benzene rings is 1. The van der Waals surface area contributed by atoms with E-state index in [4.69, 9.17) is 21.8 Å². The number of hydrogen-bond donors (Lipinski definition) is 1. The van der Waals surface area contributed by atoms with Crippen molar-refractivity contribution in [3.63, 3.8) is 0 Å². The molecule has 10 heteroatoms. The standard InChI is InChI=1S/C21H18ClN5O4/c1-11(2)27-20-17(16(18(23)29)24-19(25-20)15-4-3-9-31-15)26(21(27)30)10-14(28)12-5-7-13(22)8-6-12/h3-9,11H,10H2,1-2H3,(H2,23,29). The fraction of sp³-hybridized carbons (Fsp3) is 0.190. The molecule has 0 radical (unpaired) electrons. The molecule has 3 aromatic heterocycles. The van der Waals surface area contributed by atoms with Crippen molar-refractivity contribution in [1.82, 2.24) is 19.1 Å². The molecule has 0 atom stereocenters. The number of carbonyl (C=O) groups excluding carboxylic acids is 2. The van der Waals surface area contributed by atoms with Gasteiger partial charge >= 0.3 is 5.69 Å². The van der Waals surface area contributed by atoms with Crippen LogP contribution in [0.15, 0.2) is 51.9 Å². The second-order valence-electron chi connectivity index (χ2n) is 7.17. The number of halogens is 1. The summed E-state index contributed by atoms with van der Waals surface area (Å²) in [6, 6.07) is 9.28. The highest BCUT2D eigenvalue weighted by Crippen LogP contribution is 2.24. The second kappa shape index (κ2) is 7.84. The van der Waals surface area contributed by atoms with Gasteiger partial charge in [-0.05, 0) is 50.2 Å². The number of furan rings is 1. The molecule has 0 aliphatic carbocycles. The van der Waals surface area contributed by atoms with Crippen molar-refractivity contribution in [3.8, 4) is 11.6 Å². The summed E-state index contributed by atoms with van der Waals surface area (Å²) in [4.78, 5) is 47.0. The SMILES string of the molecule is CC(C)n1c(=O)n(CC(=O)c2ccc(Cl)cc2)c2c(C(N)=O)nc(-c3ccco3)nc21. The van der Waals surface area contributed by atoms with Gasteiger partial charge in [0.2, 0.25) is 0 Å². The molecule has 0 aliphatic rings. The maximum absolute atomic E-state index is 13.2. The van der Waals surface area contributed by atoms with Crippen LogP contribution in [0, 0.1) is 0 Å². The van der Waals surface area contributed by atoms with E-state index in [-0.39, 0.29) is 41.1 Å². The highest BCUT2D eigenvalue weighted by Gasteiger charge is 2.26. The van der Waals surface area contributed by atoms with Crippen LogP contribution in [0.1, 0.15) is 40.7 Å². The number of nitrogens with zero attached hydrogens (tertiary/aromatic N) is 4. The number of carbonyl (C=O) groups is 2. The largest absolute Gasteiger partial charge is 0.461 e. The van der Waals surface area contributed by atoms with Gasteiger partial charge in [-0.1, -0.05) is 11.6 Å². The lowest BCUT2D eigenvalue weighted by molar-refractivity contribution is 0.0966. The maximum Gasteiger partial charge on any atom is 0.331 e. The van der Waals surface area contributed by atoms with Gasteiger partial charge in [0.15, 0.2) is 28.7 Å². The molecule has 4 rings (SSSR count). The highest BCUT2D eigenvalue weighted by atomic mass is 35.5. The summed E-state index contributed by atoms with van der Waals surface area (Å²) in [5.74, 6) is -0.764. The molecule has 9 nitrogen and oxygen atoms in total. The Balaban J connectivity index is 1.96. The average molecular weight is 440 g/mol. The fourth-order valence-electron chi connectivity index (χ4n) is 3.35. The molecule has 0 saturated carbocycles. The van der Waals surface area contributed by atoms with Crippen LogP contribution in [0.4, 0.5) is 0 Å². The van der Waals surface area contributed by atoms with Gasteiger partial charge in [0.1, 0.15) is 5.52 Å². The molecule has 31 heavy (non-hydrogen) atoms. The van der Waals surface area contributed by atoms with Gasteiger partial charge in [0.25, 0.3) is 5.91 Å². The van der Waals surface area contributed by atoms with Crippen molar-refractivity contribution in [2.75, 3.05) is 0 Å². The lowest BCUT2D eigenvalue weighted by Gasteiger charge is -2.07. The minimum atomic E-state index is -0.853. The van der Waals surface area contributed by atoms with Gasteiger partial charge in [0.05, 0.1) is 12.8 Å². The van der Waals surface area contributed by atoms with E-state index in [0.717, 1.165) is 0 Å². The first-order chi connectivity index (χ1) is 14.8. The number of primary amides is 1. The number of imidazole rings is 1. The van der Waals surface area contributed by atoms with E-state index < -0.39 is 11.6 Å². The van der Waals surface area contributed by atoms with E-state index in [9.17, 15) is 14.4 Å². The molecular formula is C21H18ClN5O4. The van der Waals surface area contributed by atoms with E-state index in [1.54, 1.807) is 50.2 Å². The Hall–Kier alpha value is -3.72. The summed E-state index contributed by atoms with van der Waals surface area (Å²) in [5.41, 5.74) is 5.58. The van der Waals surface area contributed by atoms with Crippen molar-refractivity contribution in [2.45, 2.75) is 26.4 Å². The van der Waals surface area contributed by atoms with Crippen molar-refractivity contribution in [3.05, 3.63) is 69.4 Å². The van der Waals surface area contributed by atoms with Crippen LogP contribution < -0.4 is 11.4 Å². The Bertz CT molecular complexity index is 1350. The van der Waals surface area contributed by atoms with Crippen LogP contribution >= 0.6 is 11.6 Å². The second-order valence-corrected chi connectivity index (χ2v) is 7.61. The Morgan fingerprint density at radius 1 is 1.16 bits per heavy atom. The predicted molar refractivity (Wildman–Crippen MR) is 114 cm³/mol. The van der Waals surface area contributed by atoms with Crippen molar-refractivity contribution >= 4 is 34.5 Å². The normalized spacial score (nSPS) is 11.4. The third-order valence-corrected chi connectivity index (χ3v) is 5.01. The zero-order chi connectivity index (χ0) is 22.3. The van der Waals surface area contributed by atoms with Gasteiger partial charge in [-0.3, -0.25) is 18.7 Å². The van der Waals surface area contributed by atoms with Crippen LogP contribution in [0.5, 0.6) is 0 Å². The van der Waals surface area contributed by atoms with Crippen LogP contribution in [0.3, 0.4) is 0 Å². The van der Waals surface area contributed by atoms with E-state index in [0.29, 0.717) is 16.3 Å². The molecule has 2 N–H and O–H groups in total. The number of Topliss-reactive ketones (excluding diaryl/α,β-unsaturated/α-hetero) is 1. The number of rotatable bonds is 6. The number of nitrogens with two attached hydrogens (primary N) is 1. The number of fused-ring (bicyclic) bond motifs is 1. The van der Waals surface area contributed by atoms with Gasteiger partial charge in [-0.25, -0.2) is 14.8 Å². The van der Waals surface area contributed by atoms with Gasteiger partial charge in [0, 0.05) is 16.6 Å². The van der Waals surface area contributed by atoms with Crippen molar-refractivity contribution in [1.29, 1.82) is 0 Å². The molecule has 158 valence electrons. The summed E-state index contributed by atoms with van der Waals surface area (Å²) in [5, 5.41) is 0.486. The first-order valence-corrected chi connectivity index (χ1v) is 9.81. The Morgan fingerprint density at radius 2 is 1.87 bits per heavy atom. The number of hydrogen-bond acceptors (Lipinski definition) is 6. The van der Waals surface area contributed by atoms with E-state index in [1.807, 2.05) is 0 Å². The lowest BCUT2D eigenvalue weighted by atomic mass is 10.1. The van der Waals surface area contributed by atoms with Crippen molar-refractivity contribution < 1.29 is 14.0 Å². The first-order valence-electron chi connectivity index (χ1n) is 9.43. The van der Waals surface area contributed by atoms with E-state index in [1.165, 1.54) is 15.4 Å². The minimum Gasteiger partial charge on any atom is -0.461 e. The number of amides is 1. The lowest BCUT2D eigenvalue weighted by Crippen LogP contribution is -2.28. The van der Waals surface area contributed by atoms with Crippen LogP contribution in [-0.2, 0) is 6.54 Å². The Labute approximate surface area is 181 Å². The van der Waals surface area contributed by atoms with Gasteiger partial charge < -0.3 is 10.2 Å². The molecule has 0 unspecified atom stereocenters. The maximum atomic E-state index is 13.2. The molecule has 1 amide bonds. The highest BCUT2D eigenvalue weighted by molar-refractivity contribution is 6.30. The summed E-state index contributed by atoms with van der Waals surface area (Å²) in [7, 11) is 0. The molecule has 3 heterocycles. The number of ketones is 1. The summed E-state index contributed by atoms with van der Waals surface area (Å²) >= 11 is 5.89. The molecule has 0 aliphatic heterocycles. The van der Waals surface area contributed by atoms with Crippen LogP contribution in [0.2, 0.25) is 5.02 Å². The molecule has 0 spiro atoms. The van der Waals surface area contributed by atoms with E-state index >= 15 is 0 Å². The summed E-state index contributed by atoms with van der Waals surface area (Å²) < 4.78 is 7.91. The average Bonchev–Trinajstić information content (AvgIpc) is 3.35. The first kappa shape index (κ1) is 20.5. The van der Waals surface area contributed by atoms with Crippen LogP contribution in [0.25, 0.3) is 22.7 Å². The van der Waals surface area contributed by atoms with Crippen molar-refractivity contribution in [2.24, 2.45) is 5.73 Å². The Morgan fingerprint density at radius 3 is 2.45 bits per heavy atom. The molecule has 0 saturated heterocycles. The molecule has 1 aromatic carbocycles. The summed E-state index contributed by atoms with van der Waals surface area (Å²) in [6.07, 6.45) is 1.44. The molecule has 4 aromatic rings. The third-order valence-electron chi connectivity index (χ3n) is 4.76. The molecular weight excluding hydrogens is 422 g/mol. The van der Waals surface area contributed by atoms with E-state index in [2.05, 4.69) is 9.97 Å². The number of aromatic nitrogens is 4. The predicted octanol–water partition coefficient (Wildman–Crippen LogP) is 3.07. The summed E-state index contributed by atoms with van der Waals surface area (Å²) in [6.45, 7) is 3.27. The minimum absolute atomic E-state index is 0.101.